The van der Waals surface area contributed by atoms with Crippen LogP contribution in [0.5, 0.6) is 0 Å². The Morgan fingerprint density at radius 3 is 2.46 bits per heavy atom. The van der Waals surface area contributed by atoms with Gasteiger partial charge in [-0.15, -0.1) is 0 Å². The maximum atomic E-state index is 13.1. The Morgan fingerprint density at radius 2 is 1.89 bits per heavy atom. The minimum atomic E-state index is -0.797. The zero-order chi connectivity index (χ0) is 20.4. The average molecular weight is 389 g/mol. The van der Waals surface area contributed by atoms with E-state index < -0.39 is 5.54 Å². The standard InChI is InChI=1S/C22H36N4O2/c1-5-6-14-23-20(28)22(12-8-7-9-13-22)24-19(27)17-15-18(16-10-11-16)26(25-17)21(2,3)4/h15-16H,5-14H2,1-4H3,(H,23,28)(H,24,27). The molecule has 0 spiro atoms. The normalized spacial score (nSPS) is 19.3. The Labute approximate surface area is 168 Å². The Hall–Kier alpha value is -1.85. The van der Waals surface area contributed by atoms with Crippen LogP contribution in [0.15, 0.2) is 6.07 Å². The average Bonchev–Trinajstić information content (AvgIpc) is 3.39. The molecule has 2 amide bonds. The number of rotatable bonds is 7. The molecule has 1 aromatic rings. The van der Waals surface area contributed by atoms with Gasteiger partial charge in [0.1, 0.15) is 5.54 Å². The van der Waals surface area contributed by atoms with Gasteiger partial charge in [-0.2, -0.15) is 5.10 Å². The Morgan fingerprint density at radius 1 is 1.21 bits per heavy atom. The van der Waals surface area contributed by atoms with Gasteiger partial charge in [-0.05, 0) is 58.9 Å². The van der Waals surface area contributed by atoms with Crippen molar-refractivity contribution in [3.8, 4) is 0 Å². The summed E-state index contributed by atoms with van der Waals surface area (Å²) < 4.78 is 1.99. The number of carbonyl (C=O) groups is 2. The van der Waals surface area contributed by atoms with E-state index in [4.69, 9.17) is 0 Å². The molecule has 0 atom stereocenters. The first-order valence-corrected chi connectivity index (χ1v) is 11.0. The van der Waals surface area contributed by atoms with Crippen LogP contribution in [0.3, 0.4) is 0 Å². The van der Waals surface area contributed by atoms with Gasteiger partial charge < -0.3 is 10.6 Å². The van der Waals surface area contributed by atoms with E-state index in [1.165, 1.54) is 0 Å². The number of aromatic nitrogens is 2. The van der Waals surface area contributed by atoms with Crippen LogP contribution in [0.2, 0.25) is 0 Å². The number of amides is 2. The Balaban J connectivity index is 1.79. The van der Waals surface area contributed by atoms with Crippen LogP contribution < -0.4 is 10.6 Å². The maximum Gasteiger partial charge on any atom is 0.272 e. The van der Waals surface area contributed by atoms with E-state index in [1.807, 2.05) is 10.7 Å². The molecule has 2 saturated carbocycles. The highest BCUT2D eigenvalue weighted by atomic mass is 16.2. The molecule has 2 fully saturated rings. The van der Waals surface area contributed by atoms with Crippen molar-refractivity contribution in [3.63, 3.8) is 0 Å². The van der Waals surface area contributed by atoms with Crippen molar-refractivity contribution in [2.24, 2.45) is 0 Å². The second kappa shape index (κ2) is 8.26. The number of nitrogens with zero attached hydrogens (tertiary/aromatic N) is 2. The lowest BCUT2D eigenvalue weighted by molar-refractivity contribution is -0.128. The third-order valence-corrected chi connectivity index (χ3v) is 5.91. The minimum Gasteiger partial charge on any atom is -0.354 e. The van der Waals surface area contributed by atoms with Crippen LogP contribution in [0, 0.1) is 0 Å². The molecule has 3 rings (SSSR count). The first-order chi connectivity index (χ1) is 13.3. The fourth-order valence-electron chi connectivity index (χ4n) is 4.11. The summed E-state index contributed by atoms with van der Waals surface area (Å²) in [4.78, 5) is 26.1. The van der Waals surface area contributed by atoms with E-state index >= 15 is 0 Å². The van der Waals surface area contributed by atoms with Gasteiger partial charge in [-0.25, -0.2) is 0 Å². The highest BCUT2D eigenvalue weighted by Crippen LogP contribution is 2.41. The molecule has 28 heavy (non-hydrogen) atoms. The molecule has 6 nitrogen and oxygen atoms in total. The molecular formula is C22H36N4O2. The summed E-state index contributed by atoms with van der Waals surface area (Å²) in [7, 11) is 0. The lowest BCUT2D eigenvalue weighted by Crippen LogP contribution is -2.59. The molecule has 0 unspecified atom stereocenters. The second-order valence-electron chi connectivity index (χ2n) is 9.52. The summed E-state index contributed by atoms with van der Waals surface area (Å²) in [6.45, 7) is 9.09. The van der Waals surface area contributed by atoms with Crippen molar-refractivity contribution >= 4 is 11.8 Å². The first kappa shape index (κ1) is 20.9. The molecular weight excluding hydrogens is 352 g/mol. The Bertz CT molecular complexity index is 707. The van der Waals surface area contributed by atoms with Gasteiger partial charge >= 0.3 is 0 Å². The van der Waals surface area contributed by atoms with E-state index in [2.05, 4.69) is 43.4 Å². The molecule has 156 valence electrons. The lowest BCUT2D eigenvalue weighted by Gasteiger charge is -2.36. The SMILES string of the molecule is CCCCNC(=O)C1(NC(=O)c2cc(C3CC3)n(C(C)(C)C)n2)CCCCC1. The molecule has 0 bridgehead atoms. The van der Waals surface area contributed by atoms with Crippen molar-refractivity contribution in [1.82, 2.24) is 20.4 Å². The highest BCUT2D eigenvalue weighted by molar-refractivity contribution is 5.98. The van der Waals surface area contributed by atoms with Gasteiger partial charge in [-0.3, -0.25) is 14.3 Å². The fraction of sp³-hybridized carbons (Fsp3) is 0.773. The lowest BCUT2D eigenvalue weighted by atomic mass is 9.80. The summed E-state index contributed by atoms with van der Waals surface area (Å²) in [5.74, 6) is 0.248. The highest BCUT2D eigenvalue weighted by Gasteiger charge is 2.41. The molecule has 2 aliphatic carbocycles. The maximum absolute atomic E-state index is 13.1. The molecule has 0 aliphatic heterocycles. The molecule has 6 heteroatoms. The van der Waals surface area contributed by atoms with Crippen LogP contribution in [-0.4, -0.2) is 33.7 Å². The van der Waals surface area contributed by atoms with Crippen molar-refractivity contribution in [2.75, 3.05) is 6.54 Å². The van der Waals surface area contributed by atoms with Gasteiger partial charge in [0.2, 0.25) is 5.91 Å². The van der Waals surface area contributed by atoms with Crippen molar-refractivity contribution in [2.45, 2.75) is 102 Å². The monoisotopic (exact) mass is 388 g/mol. The smallest absolute Gasteiger partial charge is 0.272 e. The van der Waals surface area contributed by atoms with Gasteiger partial charge in [0.05, 0.1) is 5.54 Å². The van der Waals surface area contributed by atoms with Gasteiger partial charge in [-0.1, -0.05) is 32.6 Å². The summed E-state index contributed by atoms with van der Waals surface area (Å²) in [6.07, 6.45) is 8.75. The van der Waals surface area contributed by atoms with Crippen molar-refractivity contribution < 1.29 is 9.59 Å². The van der Waals surface area contributed by atoms with Crippen LogP contribution >= 0.6 is 0 Å². The van der Waals surface area contributed by atoms with E-state index in [0.29, 0.717) is 31.0 Å². The number of hydrogen-bond donors (Lipinski definition) is 2. The molecule has 0 aromatic carbocycles. The third-order valence-electron chi connectivity index (χ3n) is 5.91. The number of hydrogen-bond acceptors (Lipinski definition) is 3. The fourth-order valence-corrected chi connectivity index (χ4v) is 4.11. The van der Waals surface area contributed by atoms with Crippen LogP contribution in [0.4, 0.5) is 0 Å². The first-order valence-electron chi connectivity index (χ1n) is 11.0. The van der Waals surface area contributed by atoms with Gasteiger partial charge in [0.25, 0.3) is 5.91 Å². The van der Waals surface area contributed by atoms with Crippen molar-refractivity contribution in [1.29, 1.82) is 0 Å². The van der Waals surface area contributed by atoms with E-state index in [0.717, 1.165) is 50.6 Å². The van der Waals surface area contributed by atoms with Crippen LogP contribution in [-0.2, 0) is 10.3 Å². The topological polar surface area (TPSA) is 76.0 Å². The number of nitrogens with one attached hydrogen (secondary N) is 2. The molecule has 1 aromatic heterocycles. The third kappa shape index (κ3) is 4.58. The van der Waals surface area contributed by atoms with Crippen LogP contribution in [0.25, 0.3) is 0 Å². The predicted octanol–water partition coefficient (Wildman–Crippen LogP) is 3.86. The second-order valence-corrected chi connectivity index (χ2v) is 9.52. The molecule has 0 saturated heterocycles. The van der Waals surface area contributed by atoms with E-state index in [1.54, 1.807) is 0 Å². The zero-order valence-corrected chi connectivity index (χ0v) is 17.9. The number of carbonyl (C=O) groups excluding carboxylic acids is 2. The van der Waals surface area contributed by atoms with Gasteiger partial charge in [0.15, 0.2) is 5.69 Å². The summed E-state index contributed by atoms with van der Waals surface area (Å²) in [5.41, 5.74) is 0.607. The van der Waals surface area contributed by atoms with E-state index in [9.17, 15) is 9.59 Å². The molecule has 2 aliphatic rings. The molecule has 1 heterocycles. The number of unbranched alkanes of at least 4 members (excludes halogenated alkanes) is 1. The summed E-state index contributed by atoms with van der Waals surface area (Å²) >= 11 is 0. The summed E-state index contributed by atoms with van der Waals surface area (Å²) in [5, 5.41) is 10.8. The van der Waals surface area contributed by atoms with E-state index in [-0.39, 0.29) is 17.4 Å². The molecule has 0 radical (unpaired) electrons. The quantitative estimate of drug-likeness (QED) is 0.696. The van der Waals surface area contributed by atoms with Gasteiger partial charge in [0, 0.05) is 18.2 Å². The zero-order valence-electron chi connectivity index (χ0n) is 17.9. The Kier molecular flexibility index (Phi) is 6.15. The largest absolute Gasteiger partial charge is 0.354 e. The summed E-state index contributed by atoms with van der Waals surface area (Å²) in [6, 6.07) is 1.93. The minimum absolute atomic E-state index is 0.0355. The molecule has 2 N–H and O–H groups in total. The predicted molar refractivity (Wildman–Crippen MR) is 110 cm³/mol. The van der Waals surface area contributed by atoms with Crippen molar-refractivity contribution in [3.05, 3.63) is 17.5 Å². The van der Waals surface area contributed by atoms with Crippen LogP contribution in [0.1, 0.15) is 108 Å².